The number of para-hydroxylation sites is 3. The zero-order chi connectivity index (χ0) is 24.1. The van der Waals surface area contributed by atoms with E-state index in [-0.39, 0.29) is 36.9 Å². The molecular formula is C23H24F3N3O5. The second kappa shape index (κ2) is 10.2. The quantitative estimate of drug-likeness (QED) is 0.685. The summed E-state index contributed by atoms with van der Waals surface area (Å²) in [6.07, 6.45) is -5.62. The molecule has 0 aromatic heterocycles. The Bertz CT molecular complexity index is 1030. The van der Waals surface area contributed by atoms with E-state index in [2.05, 4.69) is 10.1 Å². The van der Waals surface area contributed by atoms with Gasteiger partial charge in [-0.1, -0.05) is 30.3 Å². The number of amides is 2. The Labute approximate surface area is 194 Å². The second-order valence-electron chi connectivity index (χ2n) is 7.82. The number of nitrogens with zero attached hydrogens (tertiary/aromatic N) is 2. The van der Waals surface area contributed by atoms with Gasteiger partial charge in [0, 0.05) is 25.2 Å². The molecular weight excluding hydrogens is 455 g/mol. The van der Waals surface area contributed by atoms with Gasteiger partial charge in [-0.2, -0.15) is 0 Å². The number of carbonyl (C=O) groups excluding carboxylic acids is 2. The number of benzene rings is 2. The first kappa shape index (κ1) is 23.7. The zero-order valence-electron chi connectivity index (χ0n) is 18.2. The molecule has 2 heterocycles. The van der Waals surface area contributed by atoms with Crippen LogP contribution in [-0.4, -0.2) is 68.6 Å². The topological polar surface area (TPSA) is 80.3 Å². The van der Waals surface area contributed by atoms with Gasteiger partial charge >= 0.3 is 6.36 Å². The van der Waals surface area contributed by atoms with Crippen molar-refractivity contribution in [3.8, 4) is 11.5 Å². The molecule has 1 unspecified atom stereocenters. The molecule has 0 radical (unpaired) electrons. The first-order chi connectivity index (χ1) is 16.3. The Morgan fingerprint density at radius 1 is 1.06 bits per heavy atom. The summed E-state index contributed by atoms with van der Waals surface area (Å²) >= 11 is 0. The van der Waals surface area contributed by atoms with Crippen molar-refractivity contribution in [2.75, 3.05) is 44.3 Å². The molecule has 4 rings (SSSR count). The molecule has 182 valence electrons. The lowest BCUT2D eigenvalue weighted by atomic mass is 10.1. The number of halogens is 3. The van der Waals surface area contributed by atoms with Crippen molar-refractivity contribution in [2.24, 2.45) is 0 Å². The van der Waals surface area contributed by atoms with Gasteiger partial charge in [0.25, 0.3) is 5.91 Å². The van der Waals surface area contributed by atoms with Crippen LogP contribution in [0.5, 0.6) is 11.5 Å². The molecule has 11 heteroatoms. The van der Waals surface area contributed by atoms with Crippen LogP contribution in [0.3, 0.4) is 0 Å². The van der Waals surface area contributed by atoms with Gasteiger partial charge in [0.2, 0.25) is 5.91 Å². The van der Waals surface area contributed by atoms with Gasteiger partial charge in [0.15, 0.2) is 6.10 Å². The summed E-state index contributed by atoms with van der Waals surface area (Å²) in [5.41, 5.74) is 0.848. The van der Waals surface area contributed by atoms with E-state index >= 15 is 0 Å². The minimum atomic E-state index is -4.83. The minimum absolute atomic E-state index is 0.102. The standard InChI is InChI=1S/C23H24F3N3O5/c24-23(25,26)34-18-7-3-1-5-16(18)13-27-21(30)15-29-14-20(22(31)28-9-11-32-12-10-28)33-19-8-4-2-6-17(19)29/h1-8,20H,9-15H2,(H,27,30). The summed E-state index contributed by atoms with van der Waals surface area (Å²) in [6.45, 7) is 1.78. The van der Waals surface area contributed by atoms with Crippen LogP contribution in [0.1, 0.15) is 5.56 Å². The predicted molar refractivity (Wildman–Crippen MR) is 115 cm³/mol. The lowest BCUT2D eigenvalue weighted by molar-refractivity contribution is -0.274. The molecule has 1 N–H and O–H groups in total. The molecule has 34 heavy (non-hydrogen) atoms. The number of ether oxygens (including phenoxy) is 3. The lowest BCUT2D eigenvalue weighted by Gasteiger charge is -2.38. The smallest absolute Gasteiger partial charge is 0.477 e. The molecule has 2 aliphatic rings. The van der Waals surface area contributed by atoms with E-state index in [4.69, 9.17) is 9.47 Å². The fourth-order valence-electron chi connectivity index (χ4n) is 3.87. The minimum Gasteiger partial charge on any atom is -0.477 e. The van der Waals surface area contributed by atoms with E-state index < -0.39 is 18.4 Å². The lowest BCUT2D eigenvalue weighted by Crippen LogP contribution is -2.54. The number of alkyl halides is 3. The maximum Gasteiger partial charge on any atom is 0.573 e. The largest absolute Gasteiger partial charge is 0.573 e. The zero-order valence-corrected chi connectivity index (χ0v) is 18.2. The molecule has 2 aliphatic heterocycles. The maximum absolute atomic E-state index is 13.0. The number of hydrogen-bond acceptors (Lipinski definition) is 6. The van der Waals surface area contributed by atoms with Crippen LogP contribution in [0.4, 0.5) is 18.9 Å². The van der Waals surface area contributed by atoms with E-state index in [1.165, 1.54) is 18.2 Å². The van der Waals surface area contributed by atoms with Gasteiger partial charge in [-0.05, 0) is 18.2 Å². The van der Waals surface area contributed by atoms with Crippen molar-refractivity contribution in [3.05, 3.63) is 54.1 Å². The van der Waals surface area contributed by atoms with Crippen molar-refractivity contribution in [1.82, 2.24) is 10.2 Å². The Kier molecular flexibility index (Phi) is 7.11. The number of morpholine rings is 1. The number of hydrogen-bond donors (Lipinski definition) is 1. The Morgan fingerprint density at radius 2 is 1.76 bits per heavy atom. The second-order valence-corrected chi connectivity index (χ2v) is 7.82. The Balaban J connectivity index is 1.42. The maximum atomic E-state index is 13.0. The normalized spacial score (nSPS) is 18.0. The predicted octanol–water partition coefficient (Wildman–Crippen LogP) is 2.33. The highest BCUT2D eigenvalue weighted by molar-refractivity contribution is 5.86. The molecule has 2 aromatic carbocycles. The molecule has 1 atom stereocenters. The van der Waals surface area contributed by atoms with Crippen LogP contribution in [0.15, 0.2) is 48.5 Å². The summed E-state index contributed by atoms with van der Waals surface area (Å²) < 4.78 is 53.2. The summed E-state index contributed by atoms with van der Waals surface area (Å²) in [6, 6.07) is 12.7. The molecule has 1 saturated heterocycles. The Hall–Kier alpha value is -3.47. The first-order valence-corrected chi connectivity index (χ1v) is 10.8. The third-order valence-corrected chi connectivity index (χ3v) is 5.47. The van der Waals surface area contributed by atoms with Crippen LogP contribution in [0, 0.1) is 0 Å². The van der Waals surface area contributed by atoms with Gasteiger partial charge in [-0.15, -0.1) is 13.2 Å². The molecule has 0 spiro atoms. The average molecular weight is 479 g/mol. The molecule has 0 bridgehead atoms. The monoisotopic (exact) mass is 479 g/mol. The third kappa shape index (κ3) is 5.90. The fraction of sp³-hybridized carbons (Fsp3) is 0.391. The van der Waals surface area contributed by atoms with Gasteiger partial charge in [-0.25, -0.2) is 0 Å². The van der Waals surface area contributed by atoms with E-state index in [1.54, 1.807) is 40.1 Å². The van der Waals surface area contributed by atoms with E-state index in [1.807, 2.05) is 0 Å². The average Bonchev–Trinajstić information content (AvgIpc) is 2.82. The number of nitrogens with one attached hydrogen (secondary N) is 1. The third-order valence-electron chi connectivity index (χ3n) is 5.47. The molecule has 2 amide bonds. The van der Waals surface area contributed by atoms with Crippen LogP contribution >= 0.6 is 0 Å². The first-order valence-electron chi connectivity index (χ1n) is 10.8. The summed E-state index contributed by atoms with van der Waals surface area (Å²) in [7, 11) is 0. The number of carbonyl (C=O) groups is 2. The summed E-state index contributed by atoms with van der Waals surface area (Å²) in [4.78, 5) is 29.1. The number of fused-ring (bicyclic) bond motifs is 1. The van der Waals surface area contributed by atoms with Gasteiger partial charge in [0.1, 0.15) is 11.5 Å². The van der Waals surface area contributed by atoms with Crippen molar-refractivity contribution < 1.29 is 37.0 Å². The SMILES string of the molecule is O=C(CN1CC(C(=O)N2CCOCC2)Oc2ccccc21)NCc1ccccc1OC(F)(F)F. The molecule has 8 nitrogen and oxygen atoms in total. The highest BCUT2D eigenvalue weighted by Gasteiger charge is 2.35. The van der Waals surface area contributed by atoms with Crippen LogP contribution in [-0.2, 0) is 20.9 Å². The van der Waals surface area contributed by atoms with Crippen LogP contribution in [0.25, 0.3) is 0 Å². The van der Waals surface area contributed by atoms with Gasteiger partial charge in [0.05, 0.1) is 32.0 Å². The number of anilines is 1. The highest BCUT2D eigenvalue weighted by atomic mass is 19.4. The van der Waals surface area contributed by atoms with Gasteiger partial charge < -0.3 is 29.3 Å². The van der Waals surface area contributed by atoms with Crippen molar-refractivity contribution in [1.29, 1.82) is 0 Å². The molecule has 1 fully saturated rings. The Morgan fingerprint density at radius 3 is 2.53 bits per heavy atom. The molecule has 0 aliphatic carbocycles. The number of rotatable bonds is 6. The summed E-state index contributed by atoms with van der Waals surface area (Å²) in [5.74, 6) is -0.488. The van der Waals surface area contributed by atoms with Crippen LogP contribution in [0.2, 0.25) is 0 Å². The fourth-order valence-corrected chi connectivity index (χ4v) is 3.87. The van der Waals surface area contributed by atoms with Crippen molar-refractivity contribution >= 4 is 17.5 Å². The van der Waals surface area contributed by atoms with Gasteiger partial charge in [-0.3, -0.25) is 9.59 Å². The molecule has 0 saturated carbocycles. The summed E-state index contributed by atoms with van der Waals surface area (Å²) in [5, 5.41) is 2.63. The van der Waals surface area contributed by atoms with Crippen molar-refractivity contribution in [2.45, 2.75) is 19.0 Å². The highest BCUT2D eigenvalue weighted by Crippen LogP contribution is 2.33. The van der Waals surface area contributed by atoms with Crippen LogP contribution < -0.4 is 19.7 Å². The van der Waals surface area contributed by atoms with E-state index in [0.29, 0.717) is 37.7 Å². The van der Waals surface area contributed by atoms with Crippen molar-refractivity contribution in [3.63, 3.8) is 0 Å². The molecule has 2 aromatic rings. The van der Waals surface area contributed by atoms with E-state index in [9.17, 15) is 22.8 Å². The van der Waals surface area contributed by atoms with E-state index in [0.717, 1.165) is 0 Å².